The summed E-state index contributed by atoms with van der Waals surface area (Å²) in [6, 6.07) is 0. The van der Waals surface area contributed by atoms with Gasteiger partial charge in [-0.05, 0) is 0 Å². The average Bonchev–Trinajstić information content (AvgIpc) is 1.39. The molecule has 0 amide bonds. The average molecular weight is 106 g/mol. The fraction of sp³-hybridized carbons (Fsp3) is 1.00. The van der Waals surface area contributed by atoms with E-state index in [0.717, 1.165) is 0 Å². The summed E-state index contributed by atoms with van der Waals surface area (Å²) in [5, 5.41) is 0. The van der Waals surface area contributed by atoms with Gasteiger partial charge in [0.05, 0.1) is 0 Å². The molecule has 6 heavy (non-hydrogen) atoms. The van der Waals surface area contributed by atoms with Gasteiger partial charge in [0.15, 0.2) is 0 Å². The Morgan fingerprint density at radius 3 is 1.17 bits per heavy atom. The van der Waals surface area contributed by atoms with E-state index in [1.165, 1.54) is 0 Å². The molecule has 0 saturated heterocycles. The number of ether oxygens (including phenoxy) is 1. The van der Waals surface area contributed by atoms with Crippen LogP contribution >= 0.6 is 0 Å². The number of rotatable bonds is 0. The Labute approximate surface area is 42.5 Å². The van der Waals surface area contributed by atoms with Crippen molar-refractivity contribution in [1.82, 2.24) is 0 Å². The molecule has 1 nitrogen and oxygen atoms in total. The first-order chi connectivity index (χ1) is 2.83. The topological polar surface area (TPSA) is 9.23 Å². The highest BCUT2D eigenvalue weighted by Crippen LogP contribution is 1.36. The third kappa shape index (κ3) is 1350. The van der Waals surface area contributed by atoms with Crippen LogP contribution < -0.4 is 0 Å². The minimum absolute atomic E-state index is 0.417. The molecule has 2 heteroatoms. The van der Waals surface area contributed by atoms with Gasteiger partial charge >= 0.3 is 0 Å². The van der Waals surface area contributed by atoms with E-state index in [0.29, 0.717) is 9.52 Å². The molecule has 0 aromatic rings. The van der Waals surface area contributed by atoms with Gasteiger partial charge in [-0.1, -0.05) is 13.1 Å². The Bertz CT molecular complexity index is 9.51. The van der Waals surface area contributed by atoms with Crippen LogP contribution in [0.2, 0.25) is 13.1 Å². The smallest absolute Gasteiger partial charge is 0.0351 e. The molecule has 0 rings (SSSR count). The van der Waals surface area contributed by atoms with Gasteiger partial charge in [0.1, 0.15) is 0 Å². The van der Waals surface area contributed by atoms with Gasteiger partial charge < -0.3 is 4.74 Å². The lowest BCUT2D eigenvalue weighted by atomic mass is 11.6. The van der Waals surface area contributed by atoms with Crippen LogP contribution in [-0.2, 0) is 4.74 Å². The summed E-state index contributed by atoms with van der Waals surface area (Å²) >= 11 is 0. The minimum Gasteiger partial charge on any atom is -0.388 e. The number of hydrogen-bond acceptors (Lipinski definition) is 1. The third-order valence-corrected chi connectivity index (χ3v) is 0. The quantitative estimate of drug-likeness (QED) is 0.409. The van der Waals surface area contributed by atoms with E-state index in [4.69, 9.17) is 0 Å². The summed E-state index contributed by atoms with van der Waals surface area (Å²) in [5.41, 5.74) is 0. The molecule has 0 spiro atoms. The summed E-state index contributed by atoms with van der Waals surface area (Å²) in [6.45, 7) is 4.53. The molecule has 0 aromatic heterocycles. The van der Waals surface area contributed by atoms with Crippen LogP contribution in [0.1, 0.15) is 0 Å². The van der Waals surface area contributed by atoms with Gasteiger partial charge in [0, 0.05) is 23.7 Å². The molecule has 0 fully saturated rings. The lowest BCUT2D eigenvalue weighted by Gasteiger charge is -1.61. The lowest BCUT2D eigenvalue weighted by Crippen LogP contribution is -1.55. The van der Waals surface area contributed by atoms with Gasteiger partial charge in [-0.3, -0.25) is 0 Å². The highest BCUT2D eigenvalue weighted by Gasteiger charge is 1.38. The molecule has 0 heterocycles. The fourth-order valence-electron chi connectivity index (χ4n) is 0. The van der Waals surface area contributed by atoms with Crippen molar-refractivity contribution >= 4 is 9.52 Å². The first-order valence-electron chi connectivity index (χ1n) is 2.23. The summed E-state index contributed by atoms with van der Waals surface area (Å²) in [7, 11) is 3.67. The maximum absolute atomic E-state index is 4.25. The van der Waals surface area contributed by atoms with Crippen molar-refractivity contribution in [3.8, 4) is 0 Å². The SMILES string of the molecule is COC.C[SiH2]C. The molecule has 0 saturated carbocycles. The second kappa shape index (κ2) is 19.1. The van der Waals surface area contributed by atoms with Crippen LogP contribution in [0, 0.1) is 0 Å². The second-order valence-electron chi connectivity index (χ2n) is 1.12. The van der Waals surface area contributed by atoms with E-state index in [9.17, 15) is 0 Å². The molecule has 0 unspecified atom stereocenters. The largest absolute Gasteiger partial charge is 0.388 e. The van der Waals surface area contributed by atoms with E-state index >= 15 is 0 Å². The molecule has 0 bridgehead atoms. The highest BCUT2D eigenvalue weighted by atomic mass is 28.2. The third-order valence-electron chi connectivity index (χ3n) is 0. The lowest BCUT2D eigenvalue weighted by molar-refractivity contribution is 0.277. The predicted octanol–water partition coefficient (Wildman–Crippen LogP) is 0.514. The zero-order chi connectivity index (χ0) is 5.41. The number of methoxy groups -OCH3 is 1. The Kier molecular flexibility index (Phi) is 30.1. The summed E-state index contributed by atoms with van der Waals surface area (Å²) in [4.78, 5) is 0. The van der Waals surface area contributed by atoms with E-state index in [1.807, 2.05) is 0 Å². The fourth-order valence-corrected chi connectivity index (χ4v) is 0. The van der Waals surface area contributed by atoms with Crippen LogP contribution in [0.3, 0.4) is 0 Å². The van der Waals surface area contributed by atoms with E-state index < -0.39 is 0 Å². The predicted molar refractivity (Wildman–Crippen MR) is 33.2 cm³/mol. The maximum atomic E-state index is 4.25. The second-order valence-corrected chi connectivity index (χ2v) is 2.53. The normalized spacial score (nSPS) is 6.00. The van der Waals surface area contributed by atoms with Crippen LogP contribution in [0.25, 0.3) is 0 Å². The molecule has 0 N–H and O–H groups in total. The Morgan fingerprint density at radius 2 is 1.17 bits per heavy atom. The Hall–Kier alpha value is 0.177. The van der Waals surface area contributed by atoms with Crippen LogP contribution in [0.5, 0.6) is 0 Å². The first kappa shape index (κ1) is 9.49. The molecule has 0 aromatic carbocycles. The van der Waals surface area contributed by atoms with Crippen molar-refractivity contribution in [3.05, 3.63) is 0 Å². The molecule has 40 valence electrons. The highest BCUT2D eigenvalue weighted by molar-refractivity contribution is 6.31. The standard InChI is InChI=1S/C2H6O.C2H8Si/c2*1-3-2/h1-2H3;3H2,1-2H3. The van der Waals surface area contributed by atoms with Gasteiger partial charge in [0.2, 0.25) is 0 Å². The van der Waals surface area contributed by atoms with Crippen molar-refractivity contribution in [2.75, 3.05) is 14.2 Å². The number of hydrogen-bond donors (Lipinski definition) is 0. The van der Waals surface area contributed by atoms with Crippen LogP contribution in [0.15, 0.2) is 0 Å². The summed E-state index contributed by atoms with van der Waals surface area (Å²) in [5.74, 6) is 0. The van der Waals surface area contributed by atoms with Crippen molar-refractivity contribution in [3.63, 3.8) is 0 Å². The van der Waals surface area contributed by atoms with Crippen LogP contribution in [0.4, 0.5) is 0 Å². The summed E-state index contributed by atoms with van der Waals surface area (Å²) in [6.07, 6.45) is 0. The molecule has 0 aliphatic carbocycles. The Morgan fingerprint density at radius 1 is 1.17 bits per heavy atom. The summed E-state index contributed by atoms with van der Waals surface area (Å²) < 4.78 is 4.25. The van der Waals surface area contributed by atoms with Crippen LogP contribution in [-0.4, -0.2) is 23.7 Å². The molecular weight excluding hydrogens is 92.1 g/mol. The first-order valence-corrected chi connectivity index (χ1v) is 5.06. The minimum atomic E-state index is 0.417. The van der Waals surface area contributed by atoms with Gasteiger partial charge in [-0.15, -0.1) is 0 Å². The van der Waals surface area contributed by atoms with Crippen molar-refractivity contribution in [1.29, 1.82) is 0 Å². The van der Waals surface area contributed by atoms with Gasteiger partial charge in [-0.2, -0.15) is 0 Å². The van der Waals surface area contributed by atoms with E-state index in [1.54, 1.807) is 14.2 Å². The Balaban J connectivity index is 0. The van der Waals surface area contributed by atoms with E-state index in [2.05, 4.69) is 17.8 Å². The monoisotopic (exact) mass is 106 g/mol. The van der Waals surface area contributed by atoms with Crippen molar-refractivity contribution < 1.29 is 4.74 Å². The molecule has 0 aliphatic rings. The van der Waals surface area contributed by atoms with Crippen molar-refractivity contribution in [2.45, 2.75) is 13.1 Å². The molecule has 0 aliphatic heterocycles. The molecule has 0 radical (unpaired) electrons. The van der Waals surface area contributed by atoms with Gasteiger partial charge in [0.25, 0.3) is 0 Å². The van der Waals surface area contributed by atoms with E-state index in [-0.39, 0.29) is 0 Å². The molecular formula is C4H14OSi. The maximum Gasteiger partial charge on any atom is 0.0351 e. The van der Waals surface area contributed by atoms with Crippen molar-refractivity contribution in [2.24, 2.45) is 0 Å². The zero-order valence-corrected chi connectivity index (χ0v) is 6.53. The molecule has 0 atom stereocenters. The zero-order valence-electron chi connectivity index (χ0n) is 5.12. The van der Waals surface area contributed by atoms with Gasteiger partial charge in [-0.25, -0.2) is 0 Å².